The van der Waals surface area contributed by atoms with Crippen LogP contribution >= 0.6 is 0 Å². The Bertz CT molecular complexity index is 754. The molecular weight excluding hydrogens is 356 g/mol. The summed E-state index contributed by atoms with van der Waals surface area (Å²) in [4.78, 5) is 4.61. The van der Waals surface area contributed by atoms with Gasteiger partial charge >= 0.3 is 0 Å². The topological polar surface area (TPSA) is 80.9 Å². The van der Waals surface area contributed by atoms with Crippen molar-refractivity contribution in [3.05, 3.63) is 35.7 Å². The predicted molar refractivity (Wildman–Crippen MR) is 112 cm³/mol. The van der Waals surface area contributed by atoms with Crippen LogP contribution in [-0.2, 0) is 6.54 Å². The maximum atomic E-state index is 5.64. The molecule has 0 saturated carbocycles. The highest BCUT2D eigenvalue weighted by Crippen LogP contribution is 2.30. The molecule has 0 atom stereocenters. The molecule has 0 radical (unpaired) electrons. The van der Waals surface area contributed by atoms with Crippen LogP contribution < -0.4 is 20.1 Å². The van der Waals surface area contributed by atoms with Crippen molar-refractivity contribution in [2.45, 2.75) is 53.0 Å². The van der Waals surface area contributed by atoms with Crippen LogP contribution in [-0.4, -0.2) is 31.4 Å². The average molecular weight is 389 g/mol. The van der Waals surface area contributed by atoms with Crippen molar-refractivity contribution in [3.63, 3.8) is 0 Å². The lowest BCUT2D eigenvalue weighted by atomic mass is 9.99. The number of rotatable bonds is 10. The van der Waals surface area contributed by atoms with E-state index in [1.165, 1.54) is 0 Å². The van der Waals surface area contributed by atoms with Crippen LogP contribution in [0.1, 0.15) is 57.9 Å². The number of nitrogens with one attached hydrogen (secondary N) is 2. The Balaban J connectivity index is 2.11. The lowest BCUT2D eigenvalue weighted by Crippen LogP contribution is -2.30. The fourth-order valence-electron chi connectivity index (χ4n) is 2.93. The molecule has 2 aromatic rings. The molecule has 0 amide bonds. The first-order valence-corrected chi connectivity index (χ1v) is 9.96. The summed E-state index contributed by atoms with van der Waals surface area (Å²) in [5, 5.41) is 10.7. The molecule has 0 aliphatic heterocycles. The summed E-state index contributed by atoms with van der Waals surface area (Å²) in [6.45, 7) is 10.0. The lowest BCUT2D eigenvalue weighted by molar-refractivity contribution is 0.311. The maximum Gasteiger partial charge on any atom is 0.196 e. The third kappa shape index (κ3) is 5.90. The Labute approximate surface area is 167 Å². The van der Waals surface area contributed by atoms with Gasteiger partial charge in [0.1, 0.15) is 6.54 Å². The van der Waals surface area contributed by atoms with Crippen molar-refractivity contribution in [2.24, 2.45) is 4.99 Å². The first kappa shape index (κ1) is 21.6. The van der Waals surface area contributed by atoms with E-state index >= 15 is 0 Å². The summed E-state index contributed by atoms with van der Waals surface area (Å²) in [5.41, 5.74) is 1.86. The molecule has 2 N–H and O–H groups in total. The zero-order valence-electron chi connectivity index (χ0n) is 17.5. The Morgan fingerprint density at radius 2 is 1.93 bits per heavy atom. The largest absolute Gasteiger partial charge is 0.493 e. The molecule has 1 aromatic carbocycles. The van der Waals surface area contributed by atoms with Gasteiger partial charge in [0, 0.05) is 30.3 Å². The van der Waals surface area contributed by atoms with E-state index in [0.717, 1.165) is 36.5 Å². The maximum absolute atomic E-state index is 5.64. The average Bonchev–Trinajstić information content (AvgIpc) is 3.16. The minimum atomic E-state index is 0.414. The van der Waals surface area contributed by atoms with Gasteiger partial charge in [-0.2, -0.15) is 0 Å². The summed E-state index contributed by atoms with van der Waals surface area (Å²) < 4.78 is 16.4. The number of aliphatic imine (C=N–C) groups is 1. The molecule has 7 nitrogen and oxygen atoms in total. The molecule has 0 aliphatic rings. The summed E-state index contributed by atoms with van der Waals surface area (Å²) in [6.07, 6.45) is 2.10. The number of hydrogen-bond donors (Lipinski definition) is 2. The molecule has 0 aliphatic carbocycles. The van der Waals surface area contributed by atoms with Gasteiger partial charge in [0.15, 0.2) is 23.2 Å². The molecule has 2 rings (SSSR count). The Morgan fingerprint density at radius 3 is 2.57 bits per heavy atom. The molecule has 0 bridgehead atoms. The number of methoxy groups -OCH3 is 1. The van der Waals surface area contributed by atoms with Gasteiger partial charge < -0.3 is 24.6 Å². The van der Waals surface area contributed by atoms with Crippen LogP contribution in [0.5, 0.6) is 11.5 Å². The highest BCUT2D eigenvalue weighted by atomic mass is 16.5. The number of nitrogens with zero attached hydrogens (tertiary/aromatic N) is 2. The minimum absolute atomic E-state index is 0.414. The van der Waals surface area contributed by atoms with E-state index in [2.05, 4.69) is 34.6 Å². The van der Waals surface area contributed by atoms with E-state index in [1.54, 1.807) is 7.11 Å². The highest BCUT2D eigenvalue weighted by Gasteiger charge is 2.13. The van der Waals surface area contributed by atoms with Crippen LogP contribution in [0.25, 0.3) is 0 Å². The number of benzene rings is 1. The van der Waals surface area contributed by atoms with Crippen molar-refractivity contribution in [1.82, 2.24) is 10.5 Å². The first-order valence-electron chi connectivity index (χ1n) is 9.96. The molecule has 0 saturated heterocycles. The van der Waals surface area contributed by atoms with Gasteiger partial charge in [-0.15, -0.1) is 0 Å². The van der Waals surface area contributed by atoms with Crippen molar-refractivity contribution < 1.29 is 14.0 Å². The number of ether oxygens (including phenoxy) is 2. The molecule has 154 valence electrons. The van der Waals surface area contributed by atoms with E-state index in [9.17, 15) is 0 Å². The van der Waals surface area contributed by atoms with E-state index in [0.29, 0.717) is 36.5 Å². The first-order chi connectivity index (χ1) is 13.6. The number of anilines is 1. The second-order valence-electron chi connectivity index (χ2n) is 6.35. The molecule has 7 heteroatoms. The van der Waals surface area contributed by atoms with E-state index in [-0.39, 0.29) is 0 Å². The molecule has 0 unspecified atom stereocenters. The van der Waals surface area contributed by atoms with Gasteiger partial charge in [0.25, 0.3) is 0 Å². The molecule has 1 heterocycles. The standard InChI is InChI=1S/C21H32N4O3/c1-6-15(7-2)18-13-17(28-25-18)14-23-21(22-8-3)24-16-10-11-19(26-5)20(12-16)27-9-4/h10-13,15H,6-9,14H2,1-5H3,(H2,22,23,24). The van der Waals surface area contributed by atoms with E-state index in [4.69, 9.17) is 14.0 Å². The van der Waals surface area contributed by atoms with Crippen LogP contribution in [0.15, 0.2) is 33.8 Å². The SMILES string of the molecule is CCNC(=NCc1cc(C(CC)CC)no1)Nc1ccc(OC)c(OCC)c1. The van der Waals surface area contributed by atoms with Crippen LogP contribution in [0, 0.1) is 0 Å². The predicted octanol–water partition coefficient (Wildman–Crippen LogP) is 4.56. The number of hydrogen-bond acceptors (Lipinski definition) is 5. The Hall–Kier alpha value is -2.70. The second kappa shape index (κ2) is 11.2. The third-order valence-electron chi connectivity index (χ3n) is 4.44. The van der Waals surface area contributed by atoms with Crippen molar-refractivity contribution >= 4 is 11.6 Å². The monoisotopic (exact) mass is 388 g/mol. The molecule has 0 spiro atoms. The highest BCUT2D eigenvalue weighted by molar-refractivity contribution is 5.93. The summed E-state index contributed by atoms with van der Waals surface area (Å²) in [6, 6.07) is 7.70. The number of guanidine groups is 1. The van der Waals surface area contributed by atoms with Gasteiger partial charge in [-0.25, -0.2) is 4.99 Å². The van der Waals surface area contributed by atoms with Crippen LogP contribution in [0.3, 0.4) is 0 Å². The third-order valence-corrected chi connectivity index (χ3v) is 4.44. The second-order valence-corrected chi connectivity index (χ2v) is 6.35. The molecule has 1 aromatic heterocycles. The molecule has 28 heavy (non-hydrogen) atoms. The molecular formula is C21H32N4O3. The lowest BCUT2D eigenvalue weighted by Gasteiger charge is -2.14. The summed E-state index contributed by atoms with van der Waals surface area (Å²) in [5.74, 6) is 3.24. The van der Waals surface area contributed by atoms with Gasteiger partial charge in [-0.3, -0.25) is 0 Å². The van der Waals surface area contributed by atoms with Gasteiger partial charge in [0.2, 0.25) is 0 Å². The minimum Gasteiger partial charge on any atom is -0.493 e. The number of aromatic nitrogens is 1. The van der Waals surface area contributed by atoms with Crippen LogP contribution in [0.4, 0.5) is 5.69 Å². The smallest absolute Gasteiger partial charge is 0.196 e. The van der Waals surface area contributed by atoms with E-state index in [1.807, 2.05) is 38.1 Å². The zero-order valence-corrected chi connectivity index (χ0v) is 17.5. The van der Waals surface area contributed by atoms with Gasteiger partial charge in [-0.05, 0) is 38.8 Å². The van der Waals surface area contributed by atoms with Crippen LogP contribution in [0.2, 0.25) is 0 Å². The summed E-state index contributed by atoms with van der Waals surface area (Å²) >= 11 is 0. The zero-order chi connectivity index (χ0) is 20.4. The van der Waals surface area contributed by atoms with Crippen molar-refractivity contribution in [1.29, 1.82) is 0 Å². The molecule has 0 fully saturated rings. The van der Waals surface area contributed by atoms with Crippen molar-refractivity contribution in [3.8, 4) is 11.5 Å². The quantitative estimate of drug-likeness (QED) is 0.459. The Morgan fingerprint density at radius 1 is 1.14 bits per heavy atom. The van der Waals surface area contributed by atoms with Gasteiger partial charge in [-0.1, -0.05) is 19.0 Å². The fourth-order valence-corrected chi connectivity index (χ4v) is 2.93. The van der Waals surface area contributed by atoms with Crippen molar-refractivity contribution in [2.75, 3.05) is 25.6 Å². The Kier molecular flexibility index (Phi) is 8.65. The van der Waals surface area contributed by atoms with Gasteiger partial charge in [0.05, 0.1) is 19.4 Å². The fraction of sp³-hybridized carbons (Fsp3) is 0.524. The van der Waals surface area contributed by atoms with E-state index < -0.39 is 0 Å². The normalized spacial score (nSPS) is 11.6. The summed E-state index contributed by atoms with van der Waals surface area (Å²) in [7, 11) is 1.63.